The highest BCUT2D eigenvalue weighted by Crippen LogP contribution is 2.14. The quantitative estimate of drug-likeness (QED) is 0.347. The summed E-state index contributed by atoms with van der Waals surface area (Å²) in [6, 6.07) is 11.0. The Labute approximate surface area is 115 Å². The lowest BCUT2D eigenvalue weighted by molar-refractivity contribution is 0.318. The molecule has 0 atom stereocenters. The summed E-state index contributed by atoms with van der Waals surface area (Å²) < 4.78 is 0. The number of amidine groups is 1. The Hall–Kier alpha value is -2.27. The van der Waals surface area contributed by atoms with Crippen molar-refractivity contribution in [2.24, 2.45) is 10.9 Å². The van der Waals surface area contributed by atoms with Crippen molar-refractivity contribution >= 4 is 23.1 Å². The number of halogens is 1. The van der Waals surface area contributed by atoms with Gasteiger partial charge in [-0.3, -0.25) is 4.98 Å². The number of hydrogen-bond donors (Lipinski definition) is 3. The minimum atomic E-state index is -0.00616. The SMILES string of the molecule is NC(=NO)c1cc(CNc2ccc(Cl)cc2)ccn1. The molecule has 0 unspecified atom stereocenters. The van der Waals surface area contributed by atoms with Crippen molar-refractivity contribution in [2.75, 3.05) is 5.32 Å². The van der Waals surface area contributed by atoms with E-state index in [1.807, 2.05) is 30.3 Å². The van der Waals surface area contributed by atoms with Crippen LogP contribution in [-0.2, 0) is 6.54 Å². The zero-order valence-electron chi connectivity index (χ0n) is 10.0. The van der Waals surface area contributed by atoms with Crippen molar-refractivity contribution in [2.45, 2.75) is 6.54 Å². The summed E-state index contributed by atoms with van der Waals surface area (Å²) in [7, 11) is 0. The van der Waals surface area contributed by atoms with Crippen LogP contribution >= 0.6 is 11.6 Å². The maximum absolute atomic E-state index is 8.61. The Morgan fingerprint density at radius 3 is 2.74 bits per heavy atom. The van der Waals surface area contributed by atoms with Crippen molar-refractivity contribution in [1.29, 1.82) is 0 Å². The Kier molecular flexibility index (Phi) is 4.20. The fraction of sp³-hybridized carbons (Fsp3) is 0.0769. The average Bonchev–Trinajstić information content (AvgIpc) is 2.46. The lowest BCUT2D eigenvalue weighted by Gasteiger charge is -2.07. The monoisotopic (exact) mass is 276 g/mol. The van der Waals surface area contributed by atoms with Crippen LogP contribution in [0.4, 0.5) is 5.69 Å². The Balaban J connectivity index is 2.05. The highest BCUT2D eigenvalue weighted by molar-refractivity contribution is 6.30. The average molecular weight is 277 g/mol. The molecule has 1 heterocycles. The standard InChI is InChI=1S/C13H13ClN4O/c14-10-1-3-11(4-2-10)17-8-9-5-6-16-12(7-9)13(15)18-19/h1-7,17,19H,8H2,(H2,15,18). The van der Waals surface area contributed by atoms with Gasteiger partial charge in [-0.25, -0.2) is 0 Å². The summed E-state index contributed by atoms with van der Waals surface area (Å²) >= 11 is 5.81. The number of nitrogens with two attached hydrogens (primary N) is 1. The van der Waals surface area contributed by atoms with E-state index >= 15 is 0 Å². The van der Waals surface area contributed by atoms with Gasteiger partial charge >= 0.3 is 0 Å². The van der Waals surface area contributed by atoms with Crippen LogP contribution in [0.2, 0.25) is 5.02 Å². The number of anilines is 1. The number of nitrogens with zero attached hydrogens (tertiary/aromatic N) is 2. The first kappa shape index (κ1) is 13.2. The Bertz CT molecular complexity index is 583. The zero-order valence-corrected chi connectivity index (χ0v) is 10.8. The molecule has 98 valence electrons. The van der Waals surface area contributed by atoms with Gasteiger partial charge in [0.25, 0.3) is 0 Å². The van der Waals surface area contributed by atoms with Gasteiger partial charge in [0.05, 0.1) is 0 Å². The fourth-order valence-electron chi connectivity index (χ4n) is 1.55. The minimum Gasteiger partial charge on any atom is -0.409 e. The molecular formula is C13H13ClN4O. The smallest absolute Gasteiger partial charge is 0.188 e. The van der Waals surface area contributed by atoms with Gasteiger partial charge in [-0.2, -0.15) is 0 Å². The fourth-order valence-corrected chi connectivity index (χ4v) is 1.67. The highest BCUT2D eigenvalue weighted by Gasteiger charge is 2.02. The first-order valence-electron chi connectivity index (χ1n) is 5.61. The molecule has 5 nitrogen and oxygen atoms in total. The molecule has 1 aromatic heterocycles. The predicted octanol–water partition coefficient (Wildman–Crippen LogP) is 2.44. The van der Waals surface area contributed by atoms with Crippen LogP contribution in [0.5, 0.6) is 0 Å². The van der Waals surface area contributed by atoms with Crippen LogP contribution in [0.15, 0.2) is 47.8 Å². The number of rotatable bonds is 4. The van der Waals surface area contributed by atoms with Crippen LogP contribution in [-0.4, -0.2) is 16.0 Å². The molecule has 19 heavy (non-hydrogen) atoms. The molecule has 0 saturated carbocycles. The molecule has 0 aliphatic rings. The molecule has 0 amide bonds. The van der Waals surface area contributed by atoms with Gasteiger partial charge in [-0.05, 0) is 42.0 Å². The van der Waals surface area contributed by atoms with Crippen LogP contribution in [0.3, 0.4) is 0 Å². The van der Waals surface area contributed by atoms with E-state index in [4.69, 9.17) is 22.5 Å². The van der Waals surface area contributed by atoms with Gasteiger partial charge in [0.1, 0.15) is 5.69 Å². The van der Waals surface area contributed by atoms with E-state index in [-0.39, 0.29) is 5.84 Å². The second-order valence-electron chi connectivity index (χ2n) is 3.90. The second kappa shape index (κ2) is 6.06. The van der Waals surface area contributed by atoms with Gasteiger partial charge in [0.2, 0.25) is 0 Å². The highest BCUT2D eigenvalue weighted by atomic mass is 35.5. The molecule has 0 aliphatic heterocycles. The molecular weight excluding hydrogens is 264 g/mol. The minimum absolute atomic E-state index is 0.00616. The van der Waals surface area contributed by atoms with E-state index in [2.05, 4.69) is 15.5 Å². The molecule has 6 heteroatoms. The van der Waals surface area contributed by atoms with Gasteiger partial charge in [0, 0.05) is 23.5 Å². The van der Waals surface area contributed by atoms with Gasteiger partial charge in [-0.1, -0.05) is 16.8 Å². The third-order valence-electron chi connectivity index (χ3n) is 2.54. The van der Waals surface area contributed by atoms with Crippen molar-refractivity contribution in [3.05, 3.63) is 58.9 Å². The molecule has 2 rings (SSSR count). The molecule has 1 aromatic carbocycles. The largest absolute Gasteiger partial charge is 0.409 e. The maximum Gasteiger partial charge on any atom is 0.188 e. The topological polar surface area (TPSA) is 83.5 Å². The first-order chi connectivity index (χ1) is 9.19. The zero-order chi connectivity index (χ0) is 13.7. The summed E-state index contributed by atoms with van der Waals surface area (Å²) in [5.41, 5.74) is 7.87. The number of pyridine rings is 1. The molecule has 0 saturated heterocycles. The summed E-state index contributed by atoms with van der Waals surface area (Å²) in [6.45, 7) is 0.607. The predicted molar refractivity (Wildman–Crippen MR) is 75.5 cm³/mol. The van der Waals surface area contributed by atoms with Gasteiger partial charge in [0.15, 0.2) is 5.84 Å². The molecule has 0 aliphatic carbocycles. The third kappa shape index (κ3) is 3.59. The summed E-state index contributed by atoms with van der Waals surface area (Å²) in [4.78, 5) is 4.02. The summed E-state index contributed by atoms with van der Waals surface area (Å²) in [5, 5.41) is 15.5. The first-order valence-corrected chi connectivity index (χ1v) is 5.99. The normalized spacial score (nSPS) is 11.3. The molecule has 0 radical (unpaired) electrons. The van der Waals surface area contributed by atoms with Crippen molar-refractivity contribution in [1.82, 2.24) is 4.98 Å². The Morgan fingerprint density at radius 1 is 1.32 bits per heavy atom. The number of hydrogen-bond acceptors (Lipinski definition) is 4. The Morgan fingerprint density at radius 2 is 2.05 bits per heavy atom. The van der Waals surface area contributed by atoms with Crippen molar-refractivity contribution < 1.29 is 5.21 Å². The van der Waals surface area contributed by atoms with Crippen LogP contribution in [0, 0.1) is 0 Å². The molecule has 4 N–H and O–H groups in total. The maximum atomic E-state index is 8.61. The molecule has 0 spiro atoms. The van der Waals surface area contributed by atoms with Crippen LogP contribution in [0.1, 0.15) is 11.3 Å². The van der Waals surface area contributed by atoms with Gasteiger partial charge in [-0.15, -0.1) is 0 Å². The molecule has 2 aromatic rings. The second-order valence-corrected chi connectivity index (χ2v) is 4.33. The number of oxime groups is 1. The van der Waals surface area contributed by atoms with Crippen molar-refractivity contribution in [3.8, 4) is 0 Å². The van der Waals surface area contributed by atoms with Gasteiger partial charge < -0.3 is 16.3 Å². The third-order valence-corrected chi connectivity index (χ3v) is 2.79. The molecule has 0 fully saturated rings. The lowest BCUT2D eigenvalue weighted by Crippen LogP contribution is -2.15. The van der Waals surface area contributed by atoms with E-state index in [9.17, 15) is 0 Å². The van der Waals surface area contributed by atoms with E-state index in [1.54, 1.807) is 12.3 Å². The van der Waals surface area contributed by atoms with E-state index < -0.39 is 0 Å². The van der Waals surface area contributed by atoms with Crippen molar-refractivity contribution in [3.63, 3.8) is 0 Å². The van der Waals surface area contributed by atoms with Crippen LogP contribution < -0.4 is 11.1 Å². The number of aromatic nitrogens is 1. The van der Waals surface area contributed by atoms with E-state index in [0.29, 0.717) is 17.3 Å². The van der Waals surface area contributed by atoms with Crippen LogP contribution in [0.25, 0.3) is 0 Å². The molecule has 0 bridgehead atoms. The van der Waals surface area contributed by atoms with E-state index in [1.165, 1.54) is 0 Å². The lowest BCUT2D eigenvalue weighted by atomic mass is 10.2. The summed E-state index contributed by atoms with van der Waals surface area (Å²) in [6.07, 6.45) is 1.62. The van der Waals surface area contributed by atoms with E-state index in [0.717, 1.165) is 11.3 Å². The summed E-state index contributed by atoms with van der Waals surface area (Å²) in [5.74, 6) is -0.00616. The number of nitrogens with one attached hydrogen (secondary N) is 1. The number of benzene rings is 1.